The maximum atomic E-state index is 13.1. The van der Waals surface area contributed by atoms with Crippen molar-refractivity contribution >= 4 is 22.9 Å². The largest absolute Gasteiger partial charge is 0.431 e. The van der Waals surface area contributed by atoms with Gasteiger partial charge in [0.05, 0.1) is 16.4 Å². The number of nitrogens with zero attached hydrogens (tertiary/aromatic N) is 3. The van der Waals surface area contributed by atoms with Crippen molar-refractivity contribution < 1.29 is 13.2 Å². The lowest BCUT2D eigenvalue weighted by Gasteiger charge is -2.14. The molecule has 1 aromatic carbocycles. The number of aromatic nitrogens is 3. The van der Waals surface area contributed by atoms with Gasteiger partial charge in [0.1, 0.15) is 10.7 Å². The first-order chi connectivity index (χ1) is 13.7. The predicted molar refractivity (Wildman–Crippen MR) is 105 cm³/mol. The second kappa shape index (κ2) is 7.14. The molecule has 152 valence electrons. The minimum atomic E-state index is -4.81. The van der Waals surface area contributed by atoms with Gasteiger partial charge in [-0.3, -0.25) is 9.36 Å². The van der Waals surface area contributed by atoms with Crippen LogP contribution in [0.2, 0.25) is 5.02 Å². The van der Waals surface area contributed by atoms with Crippen molar-refractivity contribution in [1.82, 2.24) is 14.1 Å². The van der Waals surface area contributed by atoms with Crippen molar-refractivity contribution in [3.63, 3.8) is 0 Å². The number of fused-ring (bicyclic) bond motifs is 1. The van der Waals surface area contributed by atoms with Crippen LogP contribution in [0.3, 0.4) is 0 Å². The Bertz CT molecular complexity index is 1200. The molecule has 1 aliphatic carbocycles. The van der Waals surface area contributed by atoms with Crippen LogP contribution in [0.15, 0.2) is 33.9 Å². The predicted octanol–water partition coefficient (Wildman–Crippen LogP) is 4.21. The second-order valence-corrected chi connectivity index (χ2v) is 8.29. The van der Waals surface area contributed by atoms with Crippen LogP contribution in [0.25, 0.3) is 16.3 Å². The third-order valence-corrected chi connectivity index (χ3v) is 6.42. The van der Waals surface area contributed by atoms with Crippen LogP contribution in [-0.2, 0) is 26.1 Å². The van der Waals surface area contributed by atoms with Crippen molar-refractivity contribution in [2.24, 2.45) is 7.05 Å². The minimum absolute atomic E-state index is 0.136. The van der Waals surface area contributed by atoms with Crippen LogP contribution >= 0.6 is 22.9 Å². The molecular weight excluding hydrogens is 427 g/mol. The van der Waals surface area contributed by atoms with Crippen molar-refractivity contribution in [1.29, 1.82) is 0 Å². The van der Waals surface area contributed by atoms with Gasteiger partial charge in [-0.2, -0.15) is 13.2 Å². The zero-order valence-corrected chi connectivity index (χ0v) is 16.8. The van der Waals surface area contributed by atoms with Crippen molar-refractivity contribution in [3.8, 4) is 16.3 Å². The van der Waals surface area contributed by atoms with E-state index in [0.717, 1.165) is 38.4 Å². The molecule has 3 aromatic rings. The van der Waals surface area contributed by atoms with Crippen molar-refractivity contribution in [2.45, 2.75) is 31.9 Å². The van der Waals surface area contributed by atoms with E-state index in [-0.39, 0.29) is 5.69 Å². The number of rotatable bonds is 2. The van der Waals surface area contributed by atoms with E-state index in [1.807, 2.05) is 0 Å². The molecule has 2 heterocycles. The lowest BCUT2D eigenvalue weighted by atomic mass is 10.0. The Morgan fingerprint density at radius 3 is 2.55 bits per heavy atom. The quantitative estimate of drug-likeness (QED) is 0.598. The number of halogens is 4. The number of hydrogen-bond donors (Lipinski definition) is 0. The topological polar surface area (TPSA) is 56.9 Å². The van der Waals surface area contributed by atoms with E-state index >= 15 is 0 Å². The van der Waals surface area contributed by atoms with E-state index in [1.165, 1.54) is 34.4 Å². The lowest BCUT2D eigenvalue weighted by Crippen LogP contribution is -2.40. The Labute approximate surface area is 172 Å². The molecule has 0 radical (unpaired) electrons. The number of thiazole rings is 1. The number of alkyl halides is 3. The van der Waals surface area contributed by atoms with Gasteiger partial charge < -0.3 is 0 Å². The molecule has 0 spiro atoms. The molecule has 0 N–H and O–H groups in total. The summed E-state index contributed by atoms with van der Waals surface area (Å²) >= 11 is 7.83. The summed E-state index contributed by atoms with van der Waals surface area (Å²) in [5.41, 5.74) is -1.75. The van der Waals surface area contributed by atoms with Crippen LogP contribution in [0.4, 0.5) is 13.2 Å². The Hall–Kier alpha value is -2.39. The number of benzene rings is 1. The molecule has 10 heteroatoms. The molecule has 0 saturated carbocycles. The van der Waals surface area contributed by atoms with Gasteiger partial charge in [-0.25, -0.2) is 14.3 Å². The highest BCUT2D eigenvalue weighted by atomic mass is 35.5. The molecule has 0 amide bonds. The summed E-state index contributed by atoms with van der Waals surface area (Å²) in [5.74, 6) is 0. The zero-order valence-electron chi connectivity index (χ0n) is 15.2. The Morgan fingerprint density at radius 2 is 1.86 bits per heavy atom. The van der Waals surface area contributed by atoms with Gasteiger partial charge in [-0.05, 0) is 43.9 Å². The van der Waals surface area contributed by atoms with Crippen LogP contribution in [-0.4, -0.2) is 14.1 Å². The molecule has 5 nitrogen and oxygen atoms in total. The fourth-order valence-corrected chi connectivity index (χ4v) is 4.86. The summed E-state index contributed by atoms with van der Waals surface area (Å²) in [5, 5.41) is 1.05. The fourth-order valence-electron chi connectivity index (χ4n) is 3.42. The maximum Gasteiger partial charge on any atom is 0.431 e. The van der Waals surface area contributed by atoms with Gasteiger partial charge >= 0.3 is 11.9 Å². The van der Waals surface area contributed by atoms with Crippen LogP contribution in [0.1, 0.15) is 29.1 Å². The first-order valence-electron chi connectivity index (χ1n) is 8.86. The van der Waals surface area contributed by atoms with E-state index in [9.17, 15) is 22.8 Å². The lowest BCUT2D eigenvalue weighted by molar-refractivity contribution is -0.144. The molecule has 2 aromatic heterocycles. The minimum Gasteiger partial charge on any atom is -0.292 e. The zero-order chi connectivity index (χ0) is 20.9. The summed E-state index contributed by atoms with van der Waals surface area (Å²) in [6.45, 7) is 0. The first-order valence-corrected chi connectivity index (χ1v) is 10.1. The fraction of sp³-hybridized carbons (Fsp3) is 0.316. The van der Waals surface area contributed by atoms with Gasteiger partial charge in [0, 0.05) is 23.6 Å². The average Bonchev–Trinajstić information content (AvgIpc) is 3.09. The van der Waals surface area contributed by atoms with Gasteiger partial charge in [0.25, 0.3) is 5.56 Å². The van der Waals surface area contributed by atoms with E-state index in [4.69, 9.17) is 11.6 Å². The van der Waals surface area contributed by atoms with E-state index < -0.39 is 23.1 Å². The molecule has 29 heavy (non-hydrogen) atoms. The Kier molecular flexibility index (Phi) is 4.90. The second-order valence-electron chi connectivity index (χ2n) is 6.80. The van der Waals surface area contributed by atoms with Gasteiger partial charge in [0.2, 0.25) is 0 Å². The van der Waals surface area contributed by atoms with E-state index in [2.05, 4.69) is 4.98 Å². The molecule has 0 saturated heterocycles. The molecule has 4 rings (SSSR count). The van der Waals surface area contributed by atoms with Crippen LogP contribution < -0.4 is 11.2 Å². The number of hydrogen-bond acceptors (Lipinski definition) is 4. The smallest absolute Gasteiger partial charge is 0.292 e. The van der Waals surface area contributed by atoms with E-state index in [0.29, 0.717) is 30.8 Å². The number of aryl methyl sites for hydroxylation is 2. The highest BCUT2D eigenvalue weighted by Gasteiger charge is 2.35. The monoisotopic (exact) mass is 441 g/mol. The first kappa shape index (κ1) is 19.9. The molecular formula is C19H15ClF3N3O2S. The molecule has 0 fully saturated rings. The molecule has 0 aliphatic heterocycles. The molecule has 0 unspecified atom stereocenters. The third-order valence-electron chi connectivity index (χ3n) is 4.89. The van der Waals surface area contributed by atoms with Gasteiger partial charge in [-0.15, -0.1) is 11.3 Å². The maximum absolute atomic E-state index is 13.1. The molecule has 0 atom stereocenters. The third kappa shape index (κ3) is 3.53. The van der Waals surface area contributed by atoms with Gasteiger partial charge in [0.15, 0.2) is 0 Å². The molecule has 1 aliphatic rings. The van der Waals surface area contributed by atoms with E-state index in [1.54, 1.807) is 0 Å². The Morgan fingerprint density at radius 1 is 1.14 bits per heavy atom. The summed E-state index contributed by atoms with van der Waals surface area (Å²) in [4.78, 5) is 30.7. The highest BCUT2D eigenvalue weighted by molar-refractivity contribution is 7.15. The average molecular weight is 442 g/mol. The van der Waals surface area contributed by atoms with Crippen LogP contribution in [0.5, 0.6) is 0 Å². The Balaban J connectivity index is 1.87. The summed E-state index contributed by atoms with van der Waals surface area (Å²) in [6, 6.07) is 4.87. The SMILES string of the molecule is Cn1c(C(F)(F)F)cc(=O)n(-c2ccc(Cl)c(-c3nc4c(s3)CCCC4)c2)c1=O. The van der Waals surface area contributed by atoms with Crippen molar-refractivity contribution in [3.05, 3.63) is 66.4 Å². The normalized spacial score (nSPS) is 14.1. The molecule has 0 bridgehead atoms. The summed E-state index contributed by atoms with van der Waals surface area (Å²) in [7, 11) is 0.979. The highest BCUT2D eigenvalue weighted by Crippen LogP contribution is 2.36. The summed E-state index contributed by atoms with van der Waals surface area (Å²) in [6.07, 6.45) is -0.803. The van der Waals surface area contributed by atoms with Crippen molar-refractivity contribution in [2.75, 3.05) is 0 Å². The van der Waals surface area contributed by atoms with Gasteiger partial charge in [-0.1, -0.05) is 11.6 Å². The van der Waals surface area contributed by atoms with Crippen LogP contribution in [0, 0.1) is 0 Å². The summed E-state index contributed by atoms with van der Waals surface area (Å²) < 4.78 is 40.3. The standard InChI is InChI=1S/C19H15ClF3N3O2S/c1-25-15(19(21,22)23)9-16(27)26(18(25)28)10-6-7-12(20)11(8-10)17-24-13-4-2-3-5-14(13)29-17/h6-9H,2-5H2,1H3.